The maximum Gasteiger partial charge on any atom is 0.119 e. The summed E-state index contributed by atoms with van der Waals surface area (Å²) in [5.41, 5.74) is 2.11. The fourth-order valence-corrected chi connectivity index (χ4v) is 2.34. The number of rotatable bonds is 5. The summed E-state index contributed by atoms with van der Waals surface area (Å²) in [5, 5.41) is 1.24. The van der Waals surface area contributed by atoms with Crippen LogP contribution in [0.3, 0.4) is 0 Å². The van der Waals surface area contributed by atoms with E-state index in [1.807, 2.05) is 30.3 Å². The molecular weight excluding hydrogens is 303 g/mol. The molecule has 0 aromatic heterocycles. The molecule has 0 heterocycles. The van der Waals surface area contributed by atoms with E-state index in [1.54, 1.807) is 12.1 Å². The molecule has 0 spiro atoms. The summed E-state index contributed by atoms with van der Waals surface area (Å²) in [4.78, 5) is 0. The van der Waals surface area contributed by atoms with Crippen LogP contribution >= 0.6 is 34.8 Å². The van der Waals surface area contributed by atoms with Gasteiger partial charge in [-0.25, -0.2) is 0 Å². The lowest BCUT2D eigenvalue weighted by Gasteiger charge is -2.08. The van der Waals surface area contributed by atoms with Crippen molar-refractivity contribution >= 4 is 34.8 Å². The molecule has 0 aliphatic rings. The summed E-state index contributed by atoms with van der Waals surface area (Å²) >= 11 is 17.6. The molecule has 0 bridgehead atoms. The normalized spacial score (nSPS) is 10.5. The Morgan fingerprint density at radius 3 is 2.32 bits per heavy atom. The van der Waals surface area contributed by atoms with E-state index in [-0.39, 0.29) is 0 Å². The lowest BCUT2D eigenvalue weighted by molar-refractivity contribution is 0.306. The first kappa shape index (κ1) is 14.5. The van der Waals surface area contributed by atoms with E-state index >= 15 is 0 Å². The SMILES string of the molecule is ClCCc1ccc(OCc2ccc(Cl)cc2Cl)cc1. The molecule has 100 valence electrons. The molecule has 0 saturated heterocycles. The van der Waals surface area contributed by atoms with Crippen molar-refractivity contribution in [2.45, 2.75) is 13.0 Å². The third kappa shape index (κ3) is 4.31. The van der Waals surface area contributed by atoms with Gasteiger partial charge in [-0.3, -0.25) is 0 Å². The first-order valence-corrected chi connectivity index (χ1v) is 7.19. The van der Waals surface area contributed by atoms with Crippen LogP contribution in [-0.2, 0) is 13.0 Å². The Hall–Kier alpha value is -0.890. The molecule has 0 atom stereocenters. The minimum Gasteiger partial charge on any atom is -0.489 e. The molecule has 0 saturated carbocycles. The third-order valence-electron chi connectivity index (χ3n) is 2.72. The van der Waals surface area contributed by atoms with Crippen LogP contribution in [0.4, 0.5) is 0 Å². The monoisotopic (exact) mass is 314 g/mol. The number of hydrogen-bond donors (Lipinski definition) is 0. The van der Waals surface area contributed by atoms with Gasteiger partial charge in [-0.2, -0.15) is 0 Å². The van der Waals surface area contributed by atoms with Crippen molar-refractivity contribution in [1.82, 2.24) is 0 Å². The number of halogens is 3. The maximum atomic E-state index is 6.08. The number of hydrogen-bond acceptors (Lipinski definition) is 1. The highest BCUT2D eigenvalue weighted by Crippen LogP contribution is 2.22. The van der Waals surface area contributed by atoms with Gasteiger partial charge in [0, 0.05) is 21.5 Å². The Bertz CT molecular complexity index is 538. The number of alkyl halides is 1. The second-order valence-corrected chi connectivity index (χ2v) is 5.33. The molecule has 0 fully saturated rings. The van der Waals surface area contributed by atoms with Crippen molar-refractivity contribution in [3.8, 4) is 5.75 Å². The van der Waals surface area contributed by atoms with Gasteiger partial charge in [0.1, 0.15) is 12.4 Å². The molecular formula is C15H13Cl3O. The van der Waals surface area contributed by atoms with Crippen molar-refractivity contribution in [2.24, 2.45) is 0 Å². The molecule has 2 rings (SSSR count). The fourth-order valence-electron chi connectivity index (χ4n) is 1.66. The molecule has 0 amide bonds. The highest BCUT2D eigenvalue weighted by Gasteiger charge is 2.02. The lowest BCUT2D eigenvalue weighted by Crippen LogP contribution is -1.96. The standard InChI is InChI=1S/C15H13Cl3O/c16-8-7-11-1-5-14(6-2-11)19-10-12-3-4-13(17)9-15(12)18/h1-6,9H,7-8,10H2. The van der Waals surface area contributed by atoms with E-state index in [4.69, 9.17) is 39.5 Å². The Morgan fingerprint density at radius 2 is 1.68 bits per heavy atom. The molecule has 2 aromatic rings. The maximum absolute atomic E-state index is 6.08. The Morgan fingerprint density at radius 1 is 0.947 bits per heavy atom. The van der Waals surface area contributed by atoms with Gasteiger partial charge in [-0.1, -0.05) is 41.4 Å². The fraction of sp³-hybridized carbons (Fsp3) is 0.200. The van der Waals surface area contributed by atoms with Crippen LogP contribution in [0.15, 0.2) is 42.5 Å². The van der Waals surface area contributed by atoms with E-state index in [0.717, 1.165) is 17.7 Å². The zero-order valence-electron chi connectivity index (χ0n) is 10.2. The van der Waals surface area contributed by atoms with Gasteiger partial charge in [-0.05, 0) is 36.2 Å². The van der Waals surface area contributed by atoms with Gasteiger partial charge >= 0.3 is 0 Å². The van der Waals surface area contributed by atoms with Crippen molar-refractivity contribution in [3.05, 3.63) is 63.6 Å². The van der Waals surface area contributed by atoms with Gasteiger partial charge in [-0.15, -0.1) is 11.6 Å². The molecule has 0 unspecified atom stereocenters. The minimum absolute atomic E-state index is 0.421. The Labute approximate surface area is 128 Å². The van der Waals surface area contributed by atoms with Crippen molar-refractivity contribution in [1.29, 1.82) is 0 Å². The quantitative estimate of drug-likeness (QED) is 0.675. The molecule has 4 heteroatoms. The first-order chi connectivity index (χ1) is 9.19. The largest absolute Gasteiger partial charge is 0.489 e. The molecule has 2 aromatic carbocycles. The van der Waals surface area contributed by atoms with Crippen LogP contribution in [0.1, 0.15) is 11.1 Å². The van der Waals surface area contributed by atoms with E-state index in [1.165, 1.54) is 5.56 Å². The van der Waals surface area contributed by atoms with Crippen molar-refractivity contribution in [3.63, 3.8) is 0 Å². The summed E-state index contributed by atoms with van der Waals surface area (Å²) < 4.78 is 5.69. The molecule has 0 N–H and O–H groups in total. The topological polar surface area (TPSA) is 9.23 Å². The minimum atomic E-state index is 0.421. The highest BCUT2D eigenvalue weighted by molar-refractivity contribution is 6.35. The molecule has 1 nitrogen and oxygen atoms in total. The van der Waals surface area contributed by atoms with Crippen LogP contribution in [0.5, 0.6) is 5.75 Å². The predicted molar refractivity (Wildman–Crippen MR) is 81.7 cm³/mol. The van der Waals surface area contributed by atoms with Gasteiger partial charge in [0.05, 0.1) is 0 Å². The summed E-state index contributed by atoms with van der Waals surface area (Å²) in [6.45, 7) is 0.421. The van der Waals surface area contributed by atoms with E-state index in [0.29, 0.717) is 22.5 Å². The first-order valence-electron chi connectivity index (χ1n) is 5.90. The summed E-state index contributed by atoms with van der Waals surface area (Å²) in [6, 6.07) is 13.3. The smallest absolute Gasteiger partial charge is 0.119 e. The number of ether oxygens (including phenoxy) is 1. The number of aryl methyl sites for hydroxylation is 1. The van der Waals surface area contributed by atoms with Gasteiger partial charge < -0.3 is 4.74 Å². The molecule has 0 radical (unpaired) electrons. The van der Waals surface area contributed by atoms with Gasteiger partial charge in [0.2, 0.25) is 0 Å². The Kier molecular flexibility index (Phi) is 5.38. The van der Waals surface area contributed by atoms with E-state index in [2.05, 4.69) is 0 Å². The predicted octanol–water partition coefficient (Wildman–Crippen LogP) is 5.35. The molecule has 0 aliphatic heterocycles. The van der Waals surface area contributed by atoms with Crippen LogP contribution in [-0.4, -0.2) is 5.88 Å². The van der Waals surface area contributed by atoms with Gasteiger partial charge in [0.15, 0.2) is 0 Å². The summed E-state index contributed by atoms with van der Waals surface area (Å²) in [5.74, 6) is 1.44. The number of benzene rings is 2. The average molecular weight is 316 g/mol. The van der Waals surface area contributed by atoms with E-state index in [9.17, 15) is 0 Å². The zero-order valence-corrected chi connectivity index (χ0v) is 12.5. The van der Waals surface area contributed by atoms with Crippen LogP contribution in [0.25, 0.3) is 0 Å². The van der Waals surface area contributed by atoms with Crippen LogP contribution < -0.4 is 4.74 Å². The second-order valence-electron chi connectivity index (χ2n) is 4.11. The second kappa shape index (κ2) is 7.04. The van der Waals surface area contributed by atoms with E-state index < -0.39 is 0 Å². The molecule has 0 aliphatic carbocycles. The van der Waals surface area contributed by atoms with Crippen molar-refractivity contribution < 1.29 is 4.74 Å². The summed E-state index contributed by atoms with van der Waals surface area (Å²) in [7, 11) is 0. The third-order valence-corrected chi connectivity index (χ3v) is 3.49. The van der Waals surface area contributed by atoms with Gasteiger partial charge in [0.25, 0.3) is 0 Å². The van der Waals surface area contributed by atoms with Crippen LogP contribution in [0.2, 0.25) is 10.0 Å². The lowest BCUT2D eigenvalue weighted by atomic mass is 10.2. The highest BCUT2D eigenvalue weighted by atomic mass is 35.5. The van der Waals surface area contributed by atoms with Crippen molar-refractivity contribution in [2.75, 3.05) is 5.88 Å². The Balaban J connectivity index is 1.98. The summed E-state index contributed by atoms with van der Waals surface area (Å²) in [6.07, 6.45) is 0.866. The van der Waals surface area contributed by atoms with Crippen LogP contribution in [0, 0.1) is 0 Å². The average Bonchev–Trinajstić information content (AvgIpc) is 2.40. The molecule has 19 heavy (non-hydrogen) atoms. The zero-order chi connectivity index (χ0) is 13.7.